The highest BCUT2D eigenvalue weighted by molar-refractivity contribution is 5.81. The van der Waals surface area contributed by atoms with Gasteiger partial charge in [-0.2, -0.15) is 0 Å². The molecule has 3 heteroatoms. The Morgan fingerprint density at radius 2 is 1.65 bits per heavy atom. The van der Waals surface area contributed by atoms with Crippen LogP contribution in [-0.4, -0.2) is 19.7 Å². The SMILES string of the molecule is CCOC(=O)C(CC(C)C)(C(C)(C)C)C(C)(CC)c1ccccc1OC. The van der Waals surface area contributed by atoms with E-state index in [4.69, 9.17) is 9.47 Å². The molecule has 148 valence electrons. The Balaban J connectivity index is 3.87. The average Bonchev–Trinajstić information content (AvgIpc) is 2.57. The molecule has 1 rings (SSSR count). The topological polar surface area (TPSA) is 35.5 Å². The maximum Gasteiger partial charge on any atom is 0.313 e. The Morgan fingerprint density at radius 1 is 1.08 bits per heavy atom. The number of carbonyl (C=O) groups is 1. The molecule has 0 saturated carbocycles. The zero-order valence-corrected chi connectivity index (χ0v) is 18.2. The smallest absolute Gasteiger partial charge is 0.313 e. The number of benzene rings is 1. The average molecular weight is 363 g/mol. The van der Waals surface area contributed by atoms with Crippen molar-refractivity contribution in [3.8, 4) is 5.75 Å². The first-order valence-electron chi connectivity index (χ1n) is 9.82. The van der Waals surface area contributed by atoms with E-state index in [0.29, 0.717) is 12.5 Å². The molecule has 26 heavy (non-hydrogen) atoms. The van der Waals surface area contributed by atoms with Gasteiger partial charge in [0.1, 0.15) is 5.75 Å². The monoisotopic (exact) mass is 362 g/mol. The first kappa shape index (κ1) is 22.5. The number of carbonyl (C=O) groups excluding carboxylic acids is 1. The third-order valence-corrected chi connectivity index (χ3v) is 5.97. The van der Waals surface area contributed by atoms with Gasteiger partial charge in [-0.25, -0.2) is 0 Å². The Morgan fingerprint density at radius 3 is 2.08 bits per heavy atom. The second-order valence-electron chi connectivity index (χ2n) is 8.86. The van der Waals surface area contributed by atoms with Crippen LogP contribution in [0, 0.1) is 16.7 Å². The minimum Gasteiger partial charge on any atom is -0.496 e. The molecule has 0 bridgehead atoms. The number of hydrogen-bond acceptors (Lipinski definition) is 3. The predicted molar refractivity (Wildman–Crippen MR) is 109 cm³/mol. The minimum absolute atomic E-state index is 0.101. The van der Waals surface area contributed by atoms with Crippen LogP contribution >= 0.6 is 0 Å². The van der Waals surface area contributed by atoms with Crippen LogP contribution in [-0.2, 0) is 14.9 Å². The molecule has 3 nitrogen and oxygen atoms in total. The Labute approximate surface area is 160 Å². The maximum atomic E-state index is 13.6. The molecule has 2 atom stereocenters. The van der Waals surface area contributed by atoms with E-state index in [1.54, 1.807) is 7.11 Å². The largest absolute Gasteiger partial charge is 0.496 e. The highest BCUT2D eigenvalue weighted by atomic mass is 16.5. The van der Waals surface area contributed by atoms with E-state index in [0.717, 1.165) is 24.2 Å². The summed E-state index contributed by atoms with van der Waals surface area (Å²) in [6.45, 7) is 17.5. The normalized spacial score (nSPS) is 16.7. The molecule has 0 radical (unpaired) electrons. The fraction of sp³-hybridized carbons (Fsp3) is 0.696. The fourth-order valence-corrected chi connectivity index (χ4v) is 4.66. The van der Waals surface area contributed by atoms with Crippen molar-refractivity contribution in [2.24, 2.45) is 16.7 Å². The van der Waals surface area contributed by atoms with Crippen LogP contribution in [0.5, 0.6) is 5.75 Å². The van der Waals surface area contributed by atoms with E-state index < -0.39 is 10.8 Å². The molecule has 0 spiro atoms. The molecule has 0 amide bonds. The summed E-state index contributed by atoms with van der Waals surface area (Å²) in [7, 11) is 1.69. The molecule has 0 saturated heterocycles. The lowest BCUT2D eigenvalue weighted by atomic mass is 9.47. The Bertz CT molecular complexity index is 600. The number of hydrogen-bond donors (Lipinski definition) is 0. The molecule has 1 aromatic carbocycles. The van der Waals surface area contributed by atoms with Gasteiger partial charge in [-0.3, -0.25) is 4.79 Å². The summed E-state index contributed by atoms with van der Waals surface area (Å²) in [6, 6.07) is 8.09. The first-order chi connectivity index (χ1) is 12.0. The Kier molecular flexibility index (Phi) is 7.33. The van der Waals surface area contributed by atoms with Crippen molar-refractivity contribution < 1.29 is 14.3 Å². The molecular weight excluding hydrogens is 324 g/mol. The van der Waals surface area contributed by atoms with E-state index in [1.165, 1.54) is 0 Å². The molecule has 0 aliphatic carbocycles. The highest BCUT2D eigenvalue weighted by Crippen LogP contribution is 2.60. The second kappa shape index (κ2) is 8.45. The van der Waals surface area contributed by atoms with Crippen molar-refractivity contribution in [2.75, 3.05) is 13.7 Å². The van der Waals surface area contributed by atoms with Crippen LogP contribution in [0.25, 0.3) is 0 Å². The third-order valence-electron chi connectivity index (χ3n) is 5.97. The lowest BCUT2D eigenvalue weighted by Gasteiger charge is -2.55. The van der Waals surface area contributed by atoms with Gasteiger partial charge in [-0.1, -0.05) is 66.7 Å². The van der Waals surface area contributed by atoms with Crippen LogP contribution in [0.4, 0.5) is 0 Å². The van der Waals surface area contributed by atoms with Crippen molar-refractivity contribution in [1.29, 1.82) is 0 Å². The van der Waals surface area contributed by atoms with Crippen LogP contribution in [0.1, 0.15) is 73.8 Å². The highest BCUT2D eigenvalue weighted by Gasteiger charge is 2.61. The van der Waals surface area contributed by atoms with Crippen LogP contribution in [0.2, 0.25) is 0 Å². The van der Waals surface area contributed by atoms with Gasteiger partial charge in [-0.15, -0.1) is 0 Å². The molecule has 0 aliphatic rings. The van der Waals surface area contributed by atoms with Gasteiger partial charge in [0.2, 0.25) is 0 Å². The van der Waals surface area contributed by atoms with Gasteiger partial charge in [0, 0.05) is 11.0 Å². The van der Waals surface area contributed by atoms with Gasteiger partial charge in [-0.05, 0) is 37.2 Å². The molecule has 1 aromatic rings. The maximum absolute atomic E-state index is 13.6. The summed E-state index contributed by atoms with van der Waals surface area (Å²) < 4.78 is 11.4. The van der Waals surface area contributed by atoms with Crippen molar-refractivity contribution >= 4 is 5.97 Å². The van der Waals surface area contributed by atoms with E-state index >= 15 is 0 Å². The summed E-state index contributed by atoms with van der Waals surface area (Å²) in [5.41, 5.74) is -0.300. The van der Waals surface area contributed by atoms with Gasteiger partial charge in [0.15, 0.2) is 0 Å². The number of esters is 1. The van der Waals surface area contributed by atoms with Gasteiger partial charge < -0.3 is 9.47 Å². The molecular formula is C23H38O3. The third kappa shape index (κ3) is 3.77. The number of rotatable bonds is 8. The van der Waals surface area contributed by atoms with Gasteiger partial charge in [0.05, 0.1) is 19.1 Å². The standard InChI is InChI=1S/C23H38O3/c1-10-22(8,18-14-12-13-15-19(18)25-9)23(16-17(3)4,21(5,6)7)20(24)26-11-2/h12-15,17H,10-11,16H2,1-9H3. The molecule has 0 aromatic heterocycles. The van der Waals surface area contributed by atoms with Crippen molar-refractivity contribution in [1.82, 2.24) is 0 Å². The number of methoxy groups -OCH3 is 1. The predicted octanol–water partition coefficient (Wildman–Crippen LogP) is 6.00. The number of ether oxygens (including phenoxy) is 2. The minimum atomic E-state index is -0.673. The summed E-state index contributed by atoms with van der Waals surface area (Å²) >= 11 is 0. The van der Waals surface area contributed by atoms with Crippen LogP contribution in [0.15, 0.2) is 24.3 Å². The zero-order chi connectivity index (χ0) is 20.2. The lowest BCUT2D eigenvalue weighted by molar-refractivity contribution is -0.174. The molecule has 2 unspecified atom stereocenters. The summed E-state index contributed by atoms with van der Waals surface area (Å²) in [4.78, 5) is 13.6. The second-order valence-corrected chi connectivity index (χ2v) is 8.86. The van der Waals surface area contributed by atoms with Crippen LogP contribution < -0.4 is 4.74 Å². The van der Waals surface area contributed by atoms with Gasteiger partial charge in [0.25, 0.3) is 0 Å². The van der Waals surface area contributed by atoms with Crippen molar-refractivity contribution in [3.63, 3.8) is 0 Å². The van der Waals surface area contributed by atoms with E-state index in [9.17, 15) is 4.79 Å². The fourth-order valence-electron chi connectivity index (χ4n) is 4.66. The molecule has 0 aliphatic heterocycles. The van der Waals surface area contributed by atoms with E-state index in [2.05, 4.69) is 54.5 Å². The summed E-state index contributed by atoms with van der Waals surface area (Å²) in [5, 5.41) is 0. The van der Waals surface area contributed by atoms with Crippen molar-refractivity contribution in [3.05, 3.63) is 29.8 Å². The van der Waals surface area contributed by atoms with Crippen molar-refractivity contribution in [2.45, 2.75) is 73.6 Å². The number of para-hydroxylation sites is 1. The summed E-state index contributed by atoms with van der Waals surface area (Å²) in [6.07, 6.45) is 1.58. The molecule has 0 fully saturated rings. The van der Waals surface area contributed by atoms with Crippen LogP contribution in [0.3, 0.4) is 0 Å². The zero-order valence-electron chi connectivity index (χ0n) is 18.2. The van der Waals surface area contributed by atoms with E-state index in [-0.39, 0.29) is 11.4 Å². The Hall–Kier alpha value is -1.51. The quantitative estimate of drug-likeness (QED) is 0.532. The van der Waals surface area contributed by atoms with E-state index in [1.807, 2.05) is 25.1 Å². The molecule has 0 N–H and O–H groups in total. The summed E-state index contributed by atoms with van der Waals surface area (Å²) in [5.74, 6) is 1.09. The first-order valence-corrected chi connectivity index (χ1v) is 9.82. The molecule has 0 heterocycles. The lowest BCUT2D eigenvalue weighted by Crippen LogP contribution is -2.58. The van der Waals surface area contributed by atoms with Gasteiger partial charge >= 0.3 is 5.97 Å².